The zero-order valence-electron chi connectivity index (χ0n) is 13.2. The Kier molecular flexibility index (Phi) is 4.87. The molecule has 0 saturated carbocycles. The average molecular weight is 362 g/mol. The van der Waals surface area contributed by atoms with Crippen molar-refractivity contribution in [2.75, 3.05) is 10.6 Å². The van der Waals surface area contributed by atoms with E-state index >= 15 is 0 Å². The van der Waals surface area contributed by atoms with Crippen molar-refractivity contribution in [3.8, 4) is 0 Å². The van der Waals surface area contributed by atoms with Gasteiger partial charge in [-0.3, -0.25) is 5.32 Å². The molecule has 0 aliphatic rings. The lowest BCUT2D eigenvalue weighted by Gasteiger charge is -2.13. The normalized spacial score (nSPS) is 11.2. The van der Waals surface area contributed by atoms with Crippen LogP contribution >= 0.6 is 0 Å². The van der Waals surface area contributed by atoms with Crippen molar-refractivity contribution in [1.29, 1.82) is 0 Å². The van der Waals surface area contributed by atoms with Gasteiger partial charge < -0.3 is 9.73 Å². The molecule has 1 heterocycles. The summed E-state index contributed by atoms with van der Waals surface area (Å²) in [6.45, 7) is 0. The predicted molar refractivity (Wildman–Crippen MR) is 87.6 cm³/mol. The number of para-hydroxylation sites is 1. The largest absolute Gasteiger partial charge is 0.418 e. The Labute approximate surface area is 146 Å². The van der Waals surface area contributed by atoms with Gasteiger partial charge in [-0.1, -0.05) is 47.6 Å². The first-order chi connectivity index (χ1) is 12.4. The van der Waals surface area contributed by atoms with E-state index in [2.05, 4.69) is 20.8 Å². The molecule has 0 bridgehead atoms. The second-order valence-corrected chi connectivity index (χ2v) is 5.29. The first-order valence-electron chi connectivity index (χ1n) is 7.52. The third-order valence-electron chi connectivity index (χ3n) is 3.37. The molecule has 2 aromatic carbocycles. The van der Waals surface area contributed by atoms with Crippen LogP contribution in [0.25, 0.3) is 0 Å². The van der Waals surface area contributed by atoms with Gasteiger partial charge in [-0.25, -0.2) is 4.79 Å². The Bertz CT molecular complexity index is 894. The lowest BCUT2D eigenvalue weighted by molar-refractivity contribution is -0.136. The van der Waals surface area contributed by atoms with E-state index < -0.39 is 17.8 Å². The highest BCUT2D eigenvalue weighted by atomic mass is 19.4. The Morgan fingerprint density at radius 3 is 2.38 bits per heavy atom. The molecule has 0 aliphatic heterocycles. The number of halogens is 3. The quantitative estimate of drug-likeness (QED) is 0.724. The van der Waals surface area contributed by atoms with E-state index in [0.717, 1.165) is 17.7 Å². The van der Waals surface area contributed by atoms with Crippen LogP contribution in [0.1, 0.15) is 17.0 Å². The van der Waals surface area contributed by atoms with Crippen molar-refractivity contribution in [1.82, 2.24) is 10.2 Å². The number of hydrogen-bond donors (Lipinski definition) is 2. The Morgan fingerprint density at radius 2 is 1.65 bits per heavy atom. The second kappa shape index (κ2) is 7.26. The standard InChI is InChI=1S/C17H13F3N4O2/c18-17(19,20)12-8-4-5-9-13(12)21-15(25)22-16-24-23-14(26-16)10-11-6-2-1-3-7-11/h1-9H,10H2,(H2,21,22,24,25). The molecule has 3 aromatic rings. The summed E-state index contributed by atoms with van der Waals surface area (Å²) in [5, 5.41) is 11.8. The zero-order valence-corrected chi connectivity index (χ0v) is 13.2. The second-order valence-electron chi connectivity index (χ2n) is 5.29. The lowest BCUT2D eigenvalue weighted by atomic mass is 10.1. The van der Waals surface area contributed by atoms with E-state index in [-0.39, 0.29) is 17.6 Å². The topological polar surface area (TPSA) is 80.1 Å². The Morgan fingerprint density at radius 1 is 0.962 bits per heavy atom. The number of aromatic nitrogens is 2. The van der Waals surface area contributed by atoms with Crippen LogP contribution in [0.4, 0.5) is 29.7 Å². The number of anilines is 2. The summed E-state index contributed by atoms with van der Waals surface area (Å²) in [5.74, 6) is 0.266. The minimum Gasteiger partial charge on any atom is -0.407 e. The molecule has 26 heavy (non-hydrogen) atoms. The average Bonchev–Trinajstić information content (AvgIpc) is 3.02. The molecule has 0 radical (unpaired) electrons. The minimum atomic E-state index is -4.59. The van der Waals surface area contributed by atoms with Gasteiger partial charge >= 0.3 is 18.2 Å². The summed E-state index contributed by atoms with van der Waals surface area (Å²) in [6.07, 6.45) is -4.22. The number of urea groups is 1. The zero-order chi connectivity index (χ0) is 18.6. The Balaban J connectivity index is 1.65. The molecule has 134 valence electrons. The molecule has 9 heteroatoms. The number of carbonyl (C=O) groups excluding carboxylic acids is 1. The van der Waals surface area contributed by atoms with Crippen LogP contribution in [0.2, 0.25) is 0 Å². The molecular formula is C17H13F3N4O2. The van der Waals surface area contributed by atoms with Gasteiger partial charge in [-0.15, -0.1) is 5.10 Å². The van der Waals surface area contributed by atoms with Crippen LogP contribution in [0.5, 0.6) is 0 Å². The molecule has 0 saturated heterocycles. The van der Waals surface area contributed by atoms with Gasteiger partial charge in [-0.05, 0) is 17.7 Å². The SMILES string of the molecule is O=C(Nc1nnc(Cc2ccccc2)o1)Nc1ccccc1C(F)(F)F. The predicted octanol–water partition coefficient (Wildman–Crippen LogP) is 4.32. The molecule has 0 aliphatic carbocycles. The summed E-state index contributed by atoms with van der Waals surface area (Å²) in [6, 6.07) is 12.8. The first-order valence-corrected chi connectivity index (χ1v) is 7.52. The number of nitrogens with zero attached hydrogens (tertiary/aromatic N) is 2. The maximum absolute atomic E-state index is 12.9. The van der Waals surface area contributed by atoms with Gasteiger partial charge in [0.15, 0.2) is 0 Å². The summed E-state index contributed by atoms with van der Waals surface area (Å²) in [7, 11) is 0. The van der Waals surface area contributed by atoms with Crippen molar-refractivity contribution < 1.29 is 22.4 Å². The molecule has 2 amide bonds. The number of rotatable bonds is 4. The van der Waals surface area contributed by atoms with E-state index in [1.807, 2.05) is 30.3 Å². The molecule has 6 nitrogen and oxygen atoms in total. The maximum atomic E-state index is 12.9. The van der Waals surface area contributed by atoms with Gasteiger partial charge in [0.25, 0.3) is 0 Å². The highest BCUT2D eigenvalue weighted by molar-refractivity contribution is 5.98. The van der Waals surface area contributed by atoms with Crippen molar-refractivity contribution in [2.24, 2.45) is 0 Å². The Hall–Kier alpha value is -3.36. The van der Waals surface area contributed by atoms with E-state index in [0.29, 0.717) is 6.42 Å². The summed E-state index contributed by atoms with van der Waals surface area (Å²) in [4.78, 5) is 11.9. The van der Waals surface area contributed by atoms with Crippen molar-refractivity contribution in [3.63, 3.8) is 0 Å². The van der Waals surface area contributed by atoms with Crippen molar-refractivity contribution in [3.05, 3.63) is 71.6 Å². The number of amides is 2. The van der Waals surface area contributed by atoms with E-state index in [4.69, 9.17) is 4.42 Å². The summed E-state index contributed by atoms with van der Waals surface area (Å²) < 4.78 is 44.0. The van der Waals surface area contributed by atoms with Gasteiger partial charge in [-0.2, -0.15) is 13.2 Å². The van der Waals surface area contributed by atoms with E-state index in [9.17, 15) is 18.0 Å². The number of nitrogens with one attached hydrogen (secondary N) is 2. The van der Waals surface area contributed by atoms with Gasteiger partial charge in [0.1, 0.15) is 0 Å². The lowest BCUT2D eigenvalue weighted by Crippen LogP contribution is -2.22. The molecule has 0 spiro atoms. The molecule has 0 unspecified atom stereocenters. The summed E-state index contributed by atoms with van der Waals surface area (Å²) in [5.41, 5.74) is -0.391. The van der Waals surface area contributed by atoms with Crippen LogP contribution in [0.15, 0.2) is 59.0 Å². The highest BCUT2D eigenvalue weighted by Gasteiger charge is 2.33. The maximum Gasteiger partial charge on any atom is 0.418 e. The van der Waals surface area contributed by atoms with Gasteiger partial charge in [0.2, 0.25) is 5.89 Å². The van der Waals surface area contributed by atoms with Crippen LogP contribution in [-0.4, -0.2) is 16.2 Å². The molecule has 1 aromatic heterocycles. The fourth-order valence-electron chi connectivity index (χ4n) is 2.24. The fourth-order valence-corrected chi connectivity index (χ4v) is 2.24. The van der Waals surface area contributed by atoms with Crippen LogP contribution in [0.3, 0.4) is 0 Å². The van der Waals surface area contributed by atoms with E-state index in [1.165, 1.54) is 12.1 Å². The minimum absolute atomic E-state index is 0.210. The van der Waals surface area contributed by atoms with E-state index in [1.54, 1.807) is 0 Å². The number of hydrogen-bond acceptors (Lipinski definition) is 4. The number of alkyl halides is 3. The van der Waals surface area contributed by atoms with Crippen LogP contribution in [-0.2, 0) is 12.6 Å². The number of carbonyl (C=O) groups is 1. The molecule has 0 atom stereocenters. The number of benzene rings is 2. The third kappa shape index (κ3) is 4.38. The fraction of sp³-hybridized carbons (Fsp3) is 0.118. The van der Waals surface area contributed by atoms with Crippen molar-refractivity contribution in [2.45, 2.75) is 12.6 Å². The first kappa shape index (κ1) is 17.5. The monoisotopic (exact) mass is 362 g/mol. The van der Waals surface area contributed by atoms with Crippen molar-refractivity contribution >= 4 is 17.7 Å². The molecular weight excluding hydrogens is 349 g/mol. The van der Waals surface area contributed by atoms with Gasteiger partial charge in [0, 0.05) is 0 Å². The van der Waals surface area contributed by atoms with Crippen LogP contribution < -0.4 is 10.6 Å². The highest BCUT2D eigenvalue weighted by Crippen LogP contribution is 2.34. The molecule has 0 fully saturated rings. The summed E-state index contributed by atoms with van der Waals surface area (Å²) >= 11 is 0. The third-order valence-corrected chi connectivity index (χ3v) is 3.37. The van der Waals surface area contributed by atoms with Gasteiger partial charge in [0.05, 0.1) is 17.7 Å². The van der Waals surface area contributed by atoms with Crippen LogP contribution in [0, 0.1) is 0 Å². The smallest absolute Gasteiger partial charge is 0.407 e. The molecule has 2 N–H and O–H groups in total. The molecule has 3 rings (SSSR count).